The molecule has 5 nitrogen and oxygen atoms in total. The highest BCUT2D eigenvalue weighted by atomic mass is 32.1. The fraction of sp³-hybridized carbons (Fsp3) is 0.333. The molecule has 2 aromatic rings. The summed E-state index contributed by atoms with van der Waals surface area (Å²) >= 11 is 1.66. The van der Waals surface area contributed by atoms with Crippen LogP contribution in [-0.4, -0.2) is 23.6 Å². The predicted octanol–water partition coefficient (Wildman–Crippen LogP) is 3.59. The van der Waals surface area contributed by atoms with Crippen LogP contribution in [0.3, 0.4) is 0 Å². The smallest absolute Gasteiger partial charge is 0.341 e. The van der Waals surface area contributed by atoms with Crippen LogP contribution in [0.2, 0.25) is 0 Å². The first-order chi connectivity index (χ1) is 11.5. The zero-order chi connectivity index (χ0) is 17.1. The van der Waals surface area contributed by atoms with Crippen molar-refractivity contribution < 1.29 is 19.4 Å². The first-order valence-corrected chi connectivity index (χ1v) is 8.76. The van der Waals surface area contributed by atoms with E-state index in [4.69, 9.17) is 9.84 Å². The highest BCUT2D eigenvalue weighted by Gasteiger charge is 2.23. The maximum atomic E-state index is 12.6. The lowest BCUT2D eigenvalue weighted by Gasteiger charge is -2.18. The molecular formula is C18H19NO4S. The first-order valence-electron chi connectivity index (χ1n) is 7.88. The Morgan fingerprint density at radius 1 is 1.42 bits per heavy atom. The van der Waals surface area contributed by atoms with Gasteiger partial charge in [0, 0.05) is 22.0 Å². The number of amides is 1. The van der Waals surface area contributed by atoms with Crippen LogP contribution in [-0.2, 0) is 17.6 Å². The first kappa shape index (κ1) is 16.5. The van der Waals surface area contributed by atoms with Crippen molar-refractivity contribution in [3.63, 3.8) is 0 Å². The largest absolute Gasteiger partial charge is 0.482 e. The Morgan fingerprint density at radius 3 is 3.04 bits per heavy atom. The number of fused-ring (bicyclic) bond motifs is 1. The third kappa shape index (κ3) is 3.76. The lowest BCUT2D eigenvalue weighted by atomic mass is 9.88. The second kappa shape index (κ2) is 7.05. The molecule has 1 aromatic heterocycles. The van der Waals surface area contributed by atoms with E-state index in [1.807, 2.05) is 5.38 Å². The van der Waals surface area contributed by atoms with Gasteiger partial charge < -0.3 is 15.2 Å². The van der Waals surface area contributed by atoms with Gasteiger partial charge in [0.25, 0.3) is 5.91 Å². The van der Waals surface area contributed by atoms with Crippen LogP contribution >= 0.6 is 11.3 Å². The van der Waals surface area contributed by atoms with Crippen molar-refractivity contribution in [3.05, 3.63) is 45.6 Å². The van der Waals surface area contributed by atoms with Crippen LogP contribution in [0, 0.1) is 5.92 Å². The molecule has 3 rings (SSSR count). The summed E-state index contributed by atoms with van der Waals surface area (Å²) in [5, 5.41) is 13.5. The van der Waals surface area contributed by atoms with Crippen LogP contribution in [0.1, 0.15) is 34.1 Å². The maximum Gasteiger partial charge on any atom is 0.341 e. The summed E-state index contributed by atoms with van der Waals surface area (Å²) in [5.74, 6) is -0.0764. The number of carboxylic acid groups (broad SMARTS) is 1. The van der Waals surface area contributed by atoms with Gasteiger partial charge in [-0.05, 0) is 42.9 Å². The second-order valence-corrected chi connectivity index (χ2v) is 7.03. The van der Waals surface area contributed by atoms with E-state index in [0.29, 0.717) is 17.4 Å². The molecule has 1 aromatic carbocycles. The molecule has 0 aliphatic heterocycles. The number of aliphatic carboxylic acids is 1. The van der Waals surface area contributed by atoms with Gasteiger partial charge in [0.05, 0.1) is 5.56 Å². The highest BCUT2D eigenvalue weighted by Crippen LogP contribution is 2.33. The number of hydrogen-bond donors (Lipinski definition) is 2. The maximum absolute atomic E-state index is 12.6. The van der Waals surface area contributed by atoms with Gasteiger partial charge >= 0.3 is 5.97 Å². The standard InChI is InChI=1S/C18H19NO4S/c1-11-5-6-14-15(10-24-16(14)7-11)18(22)19-12-3-2-4-13(8-12)23-9-17(20)21/h2-4,8,10-11H,5-7,9H2,1H3,(H,19,22)(H,20,21). The molecule has 1 amide bonds. The summed E-state index contributed by atoms with van der Waals surface area (Å²) in [4.78, 5) is 24.4. The van der Waals surface area contributed by atoms with Gasteiger partial charge in [0.2, 0.25) is 0 Å². The molecule has 1 unspecified atom stereocenters. The molecule has 1 aliphatic rings. The molecule has 0 saturated heterocycles. The number of anilines is 1. The summed E-state index contributed by atoms with van der Waals surface area (Å²) < 4.78 is 5.13. The van der Waals surface area contributed by atoms with E-state index < -0.39 is 12.6 Å². The van der Waals surface area contributed by atoms with E-state index in [-0.39, 0.29) is 5.91 Å². The minimum Gasteiger partial charge on any atom is -0.482 e. The number of carbonyl (C=O) groups excluding carboxylic acids is 1. The van der Waals surface area contributed by atoms with Crippen molar-refractivity contribution in [2.24, 2.45) is 5.92 Å². The van der Waals surface area contributed by atoms with Crippen molar-refractivity contribution in [1.29, 1.82) is 0 Å². The number of rotatable bonds is 5. The van der Waals surface area contributed by atoms with E-state index in [0.717, 1.165) is 24.8 Å². The zero-order valence-electron chi connectivity index (χ0n) is 13.4. The summed E-state index contributed by atoms with van der Waals surface area (Å²) in [6.07, 6.45) is 3.11. The van der Waals surface area contributed by atoms with E-state index in [1.54, 1.807) is 35.6 Å². The third-order valence-corrected chi connectivity index (χ3v) is 5.15. The van der Waals surface area contributed by atoms with Crippen LogP contribution in [0.5, 0.6) is 5.75 Å². The van der Waals surface area contributed by atoms with Gasteiger partial charge in [-0.1, -0.05) is 13.0 Å². The van der Waals surface area contributed by atoms with Crippen LogP contribution in [0.15, 0.2) is 29.6 Å². The topological polar surface area (TPSA) is 75.6 Å². The highest BCUT2D eigenvalue weighted by molar-refractivity contribution is 7.10. The van der Waals surface area contributed by atoms with Crippen LogP contribution < -0.4 is 10.1 Å². The average molecular weight is 345 g/mol. The van der Waals surface area contributed by atoms with Crippen molar-refractivity contribution in [1.82, 2.24) is 0 Å². The molecule has 1 aliphatic carbocycles. The molecule has 2 N–H and O–H groups in total. The summed E-state index contributed by atoms with van der Waals surface area (Å²) in [6.45, 7) is 1.83. The Morgan fingerprint density at radius 2 is 2.25 bits per heavy atom. The molecule has 0 spiro atoms. The van der Waals surface area contributed by atoms with Gasteiger partial charge in [0.1, 0.15) is 5.75 Å². The van der Waals surface area contributed by atoms with Crippen molar-refractivity contribution in [3.8, 4) is 5.75 Å². The van der Waals surface area contributed by atoms with E-state index in [2.05, 4.69) is 12.2 Å². The number of carbonyl (C=O) groups is 2. The summed E-state index contributed by atoms with van der Waals surface area (Å²) in [5.41, 5.74) is 2.51. The fourth-order valence-corrected chi connectivity index (χ4v) is 4.12. The van der Waals surface area contributed by atoms with Crippen molar-refractivity contribution in [2.45, 2.75) is 26.2 Å². The van der Waals surface area contributed by atoms with Gasteiger partial charge in [-0.3, -0.25) is 4.79 Å². The minimum absolute atomic E-state index is 0.127. The van der Waals surface area contributed by atoms with Crippen molar-refractivity contribution >= 4 is 28.9 Å². The normalized spacial score (nSPS) is 16.3. The van der Waals surface area contributed by atoms with Crippen molar-refractivity contribution in [2.75, 3.05) is 11.9 Å². The molecule has 1 heterocycles. The van der Waals surface area contributed by atoms with Crippen LogP contribution in [0.4, 0.5) is 5.69 Å². The third-order valence-electron chi connectivity index (χ3n) is 4.10. The monoisotopic (exact) mass is 345 g/mol. The zero-order valence-corrected chi connectivity index (χ0v) is 14.2. The Bertz CT molecular complexity index is 768. The number of thiophene rings is 1. The van der Waals surface area contributed by atoms with Crippen LogP contribution in [0.25, 0.3) is 0 Å². The Hall–Kier alpha value is -2.34. The predicted molar refractivity (Wildman–Crippen MR) is 93.0 cm³/mol. The number of benzene rings is 1. The average Bonchev–Trinajstić information content (AvgIpc) is 2.96. The molecule has 6 heteroatoms. The molecule has 0 fully saturated rings. The number of hydrogen-bond acceptors (Lipinski definition) is 4. The fourth-order valence-electron chi connectivity index (χ4n) is 2.87. The molecule has 126 valence electrons. The van der Waals surface area contributed by atoms with E-state index in [9.17, 15) is 9.59 Å². The minimum atomic E-state index is -1.04. The molecule has 1 atom stereocenters. The summed E-state index contributed by atoms with van der Waals surface area (Å²) in [7, 11) is 0. The van der Waals surface area contributed by atoms with Gasteiger partial charge in [-0.2, -0.15) is 0 Å². The SMILES string of the molecule is CC1CCc2c(C(=O)Nc3cccc(OCC(=O)O)c3)csc2C1. The van der Waals surface area contributed by atoms with E-state index >= 15 is 0 Å². The quantitative estimate of drug-likeness (QED) is 0.868. The molecule has 0 saturated carbocycles. The van der Waals surface area contributed by atoms with Gasteiger partial charge in [0.15, 0.2) is 6.61 Å². The van der Waals surface area contributed by atoms with E-state index in [1.165, 1.54) is 10.4 Å². The van der Waals surface area contributed by atoms with Gasteiger partial charge in [-0.15, -0.1) is 11.3 Å². The molecule has 24 heavy (non-hydrogen) atoms. The Balaban J connectivity index is 1.71. The Labute approximate surface area is 144 Å². The number of carboxylic acids is 1. The molecule has 0 radical (unpaired) electrons. The lowest BCUT2D eigenvalue weighted by molar-refractivity contribution is -0.139. The van der Waals surface area contributed by atoms with Gasteiger partial charge in [-0.25, -0.2) is 4.79 Å². The molecule has 0 bridgehead atoms. The molecular weight excluding hydrogens is 326 g/mol. The lowest BCUT2D eigenvalue weighted by Crippen LogP contribution is -2.16. The second-order valence-electron chi connectivity index (χ2n) is 6.06. The summed E-state index contributed by atoms with van der Waals surface area (Å²) in [6, 6.07) is 6.76. The number of ether oxygens (including phenoxy) is 1. The Kier molecular flexibility index (Phi) is 4.85. The number of nitrogens with one attached hydrogen (secondary N) is 1.